The standard InChI is InChI=1S/C23H29N3O2/c1-2-28-22-10-9-18-11-14-26(17-19(18)15-22)23(27)24-20-7-6-8-21(16-20)25-12-4-3-5-13-25/h6-10,15-16H,2-5,11-14,17H2,1H3,(H,24,27). The predicted molar refractivity (Wildman–Crippen MR) is 113 cm³/mol. The summed E-state index contributed by atoms with van der Waals surface area (Å²) in [5, 5.41) is 3.09. The molecule has 0 atom stereocenters. The maximum Gasteiger partial charge on any atom is 0.322 e. The molecule has 4 rings (SSSR count). The second-order valence-corrected chi connectivity index (χ2v) is 7.56. The summed E-state index contributed by atoms with van der Waals surface area (Å²) in [4.78, 5) is 17.1. The lowest BCUT2D eigenvalue weighted by Gasteiger charge is -2.30. The third-order valence-corrected chi connectivity index (χ3v) is 5.61. The number of rotatable bonds is 4. The zero-order valence-electron chi connectivity index (χ0n) is 16.6. The second kappa shape index (κ2) is 8.55. The van der Waals surface area contributed by atoms with E-state index in [1.807, 2.05) is 30.0 Å². The van der Waals surface area contributed by atoms with Crippen molar-refractivity contribution in [3.05, 3.63) is 53.6 Å². The molecule has 0 aromatic heterocycles. The lowest BCUT2D eigenvalue weighted by molar-refractivity contribution is 0.206. The molecule has 0 saturated carbocycles. The van der Waals surface area contributed by atoms with Gasteiger partial charge in [0.1, 0.15) is 5.75 Å². The summed E-state index contributed by atoms with van der Waals surface area (Å²) < 4.78 is 5.61. The maximum atomic E-state index is 12.8. The molecule has 2 aromatic carbocycles. The van der Waals surface area contributed by atoms with E-state index >= 15 is 0 Å². The van der Waals surface area contributed by atoms with Gasteiger partial charge in [0.2, 0.25) is 0 Å². The first kappa shape index (κ1) is 18.7. The van der Waals surface area contributed by atoms with E-state index in [2.05, 4.69) is 34.5 Å². The molecule has 1 N–H and O–H groups in total. The van der Waals surface area contributed by atoms with Crippen LogP contribution >= 0.6 is 0 Å². The van der Waals surface area contributed by atoms with Crippen LogP contribution in [-0.2, 0) is 13.0 Å². The zero-order chi connectivity index (χ0) is 19.3. The quantitative estimate of drug-likeness (QED) is 0.840. The van der Waals surface area contributed by atoms with E-state index in [-0.39, 0.29) is 6.03 Å². The summed E-state index contributed by atoms with van der Waals surface area (Å²) in [5.74, 6) is 0.873. The van der Waals surface area contributed by atoms with Gasteiger partial charge in [0.05, 0.1) is 6.61 Å². The lowest BCUT2D eigenvalue weighted by Crippen LogP contribution is -2.39. The fourth-order valence-electron chi connectivity index (χ4n) is 4.10. The van der Waals surface area contributed by atoms with Gasteiger partial charge in [0.25, 0.3) is 0 Å². The fourth-order valence-corrected chi connectivity index (χ4v) is 4.10. The van der Waals surface area contributed by atoms with Crippen LogP contribution in [0.4, 0.5) is 16.2 Å². The van der Waals surface area contributed by atoms with Gasteiger partial charge in [-0.3, -0.25) is 0 Å². The van der Waals surface area contributed by atoms with Crippen LogP contribution in [0, 0.1) is 0 Å². The van der Waals surface area contributed by atoms with Crippen LogP contribution in [0.15, 0.2) is 42.5 Å². The lowest BCUT2D eigenvalue weighted by atomic mass is 10.00. The minimum absolute atomic E-state index is 0.0387. The number of ether oxygens (including phenoxy) is 1. The predicted octanol–water partition coefficient (Wildman–Crippen LogP) is 4.67. The van der Waals surface area contributed by atoms with Crippen LogP contribution in [0.1, 0.15) is 37.3 Å². The van der Waals surface area contributed by atoms with E-state index in [0.717, 1.165) is 37.5 Å². The molecule has 5 heteroatoms. The number of nitrogens with zero attached hydrogens (tertiary/aromatic N) is 2. The Morgan fingerprint density at radius 2 is 1.89 bits per heavy atom. The molecule has 0 unspecified atom stereocenters. The number of piperidine rings is 1. The van der Waals surface area contributed by atoms with Gasteiger partial charge in [0.15, 0.2) is 0 Å². The molecule has 0 aliphatic carbocycles. The molecule has 5 nitrogen and oxygen atoms in total. The van der Waals surface area contributed by atoms with Gasteiger partial charge < -0.3 is 19.9 Å². The molecule has 2 heterocycles. The summed E-state index contributed by atoms with van der Waals surface area (Å²) in [5.41, 5.74) is 4.54. The van der Waals surface area contributed by atoms with Gasteiger partial charge in [-0.15, -0.1) is 0 Å². The number of nitrogens with one attached hydrogen (secondary N) is 1. The summed E-state index contributed by atoms with van der Waals surface area (Å²) >= 11 is 0. The summed E-state index contributed by atoms with van der Waals surface area (Å²) in [6.07, 6.45) is 4.68. The average Bonchev–Trinajstić information content (AvgIpc) is 2.74. The van der Waals surface area contributed by atoms with Crippen molar-refractivity contribution in [1.82, 2.24) is 4.90 Å². The Kier molecular flexibility index (Phi) is 5.70. The number of carbonyl (C=O) groups is 1. The van der Waals surface area contributed by atoms with Gasteiger partial charge in [-0.2, -0.15) is 0 Å². The number of carbonyl (C=O) groups excluding carboxylic acids is 1. The van der Waals surface area contributed by atoms with E-state index < -0.39 is 0 Å². The van der Waals surface area contributed by atoms with Crippen molar-refractivity contribution in [2.24, 2.45) is 0 Å². The highest BCUT2D eigenvalue weighted by atomic mass is 16.5. The van der Waals surface area contributed by atoms with Gasteiger partial charge in [-0.25, -0.2) is 4.79 Å². The van der Waals surface area contributed by atoms with Gasteiger partial charge >= 0.3 is 6.03 Å². The largest absolute Gasteiger partial charge is 0.494 e. The highest BCUT2D eigenvalue weighted by Crippen LogP contribution is 2.26. The second-order valence-electron chi connectivity index (χ2n) is 7.56. The summed E-state index contributed by atoms with van der Waals surface area (Å²) in [6, 6.07) is 14.4. The van der Waals surface area contributed by atoms with Gasteiger partial charge in [-0.1, -0.05) is 12.1 Å². The van der Waals surface area contributed by atoms with Crippen molar-refractivity contribution in [1.29, 1.82) is 0 Å². The van der Waals surface area contributed by atoms with Crippen molar-refractivity contribution in [3.63, 3.8) is 0 Å². The smallest absolute Gasteiger partial charge is 0.322 e. The van der Waals surface area contributed by atoms with E-state index in [9.17, 15) is 4.79 Å². The molecular formula is C23H29N3O2. The first-order chi connectivity index (χ1) is 13.7. The first-order valence-corrected chi connectivity index (χ1v) is 10.4. The zero-order valence-corrected chi connectivity index (χ0v) is 16.6. The van der Waals surface area contributed by atoms with Crippen LogP contribution in [0.2, 0.25) is 0 Å². The molecule has 1 saturated heterocycles. The Labute approximate surface area is 167 Å². The molecule has 1 fully saturated rings. The molecule has 2 aliphatic rings. The minimum Gasteiger partial charge on any atom is -0.494 e. The van der Waals surface area contributed by atoms with Crippen molar-refractivity contribution >= 4 is 17.4 Å². The summed E-state index contributed by atoms with van der Waals surface area (Å²) in [6.45, 7) is 6.19. The highest BCUT2D eigenvalue weighted by Gasteiger charge is 2.21. The van der Waals surface area contributed by atoms with Crippen molar-refractivity contribution in [3.8, 4) is 5.75 Å². The topological polar surface area (TPSA) is 44.8 Å². The Morgan fingerprint density at radius 1 is 1.04 bits per heavy atom. The Balaban J connectivity index is 1.42. The highest BCUT2D eigenvalue weighted by molar-refractivity contribution is 5.90. The summed E-state index contributed by atoms with van der Waals surface area (Å²) in [7, 11) is 0. The third kappa shape index (κ3) is 4.24. The number of urea groups is 1. The molecule has 148 valence electrons. The Morgan fingerprint density at radius 3 is 2.71 bits per heavy atom. The number of fused-ring (bicyclic) bond motifs is 1. The van der Waals surface area contributed by atoms with Crippen LogP contribution in [0.3, 0.4) is 0 Å². The van der Waals surface area contributed by atoms with Gasteiger partial charge in [0, 0.05) is 37.6 Å². The van der Waals surface area contributed by atoms with Gasteiger partial charge in [-0.05, 0) is 74.1 Å². The van der Waals surface area contributed by atoms with Crippen molar-refractivity contribution in [2.45, 2.75) is 39.2 Å². The molecule has 2 aromatic rings. The number of benzene rings is 2. The number of anilines is 2. The fraction of sp³-hybridized carbons (Fsp3) is 0.435. The average molecular weight is 380 g/mol. The normalized spacial score (nSPS) is 16.5. The van der Waals surface area contributed by atoms with Crippen LogP contribution in [0.25, 0.3) is 0 Å². The molecule has 28 heavy (non-hydrogen) atoms. The number of amides is 2. The Hall–Kier alpha value is -2.69. The van der Waals surface area contributed by atoms with Crippen molar-refractivity contribution in [2.75, 3.05) is 36.5 Å². The monoisotopic (exact) mass is 379 g/mol. The maximum absolute atomic E-state index is 12.8. The van der Waals surface area contributed by atoms with E-state index in [1.165, 1.54) is 36.1 Å². The van der Waals surface area contributed by atoms with Crippen molar-refractivity contribution < 1.29 is 9.53 Å². The van der Waals surface area contributed by atoms with E-state index in [0.29, 0.717) is 13.2 Å². The minimum atomic E-state index is -0.0387. The molecule has 0 radical (unpaired) electrons. The van der Waals surface area contributed by atoms with Crippen LogP contribution < -0.4 is 15.0 Å². The first-order valence-electron chi connectivity index (χ1n) is 10.4. The molecule has 0 spiro atoms. The third-order valence-electron chi connectivity index (χ3n) is 5.61. The van der Waals surface area contributed by atoms with Crippen LogP contribution in [0.5, 0.6) is 5.75 Å². The van der Waals surface area contributed by atoms with Crippen LogP contribution in [-0.4, -0.2) is 37.2 Å². The molecule has 2 amide bonds. The Bertz CT molecular complexity index is 830. The number of hydrogen-bond acceptors (Lipinski definition) is 3. The molecule has 2 aliphatic heterocycles. The molecular weight excluding hydrogens is 350 g/mol. The molecule has 0 bridgehead atoms. The van der Waals surface area contributed by atoms with E-state index in [1.54, 1.807) is 0 Å². The SMILES string of the molecule is CCOc1ccc2c(c1)CN(C(=O)Nc1cccc(N3CCCCC3)c1)CC2. The number of hydrogen-bond donors (Lipinski definition) is 1. The van der Waals surface area contributed by atoms with E-state index in [4.69, 9.17) is 4.74 Å².